The van der Waals surface area contributed by atoms with Crippen molar-refractivity contribution in [2.75, 3.05) is 26.7 Å². The standard InChI is InChI=1S/C20H27FN4S.HI/c1-15(25-11-8-19-17(14-25)9-12-26-19)13-24-20(22-2)23-10-7-16-5-3-4-6-18(16)21;/h3-6,9,12,15H,7-8,10-11,13-14H2,1-2H3,(H2,22,23,24);1H. The first-order chi connectivity index (χ1) is 12.7. The van der Waals surface area contributed by atoms with Gasteiger partial charge in [0.1, 0.15) is 5.82 Å². The molecule has 0 saturated heterocycles. The van der Waals surface area contributed by atoms with Gasteiger partial charge in [0.25, 0.3) is 0 Å². The summed E-state index contributed by atoms with van der Waals surface area (Å²) < 4.78 is 13.7. The maximum Gasteiger partial charge on any atom is 0.191 e. The van der Waals surface area contributed by atoms with Crippen LogP contribution in [0.25, 0.3) is 0 Å². The zero-order valence-electron chi connectivity index (χ0n) is 15.9. The third-order valence-electron chi connectivity index (χ3n) is 4.89. The summed E-state index contributed by atoms with van der Waals surface area (Å²) in [5.41, 5.74) is 2.20. The maximum absolute atomic E-state index is 13.7. The highest BCUT2D eigenvalue weighted by Crippen LogP contribution is 2.24. The van der Waals surface area contributed by atoms with E-state index < -0.39 is 0 Å². The maximum atomic E-state index is 13.7. The molecule has 0 fully saturated rings. The average Bonchev–Trinajstić information content (AvgIpc) is 3.13. The molecule has 2 N–H and O–H groups in total. The van der Waals surface area contributed by atoms with Crippen molar-refractivity contribution in [1.82, 2.24) is 15.5 Å². The van der Waals surface area contributed by atoms with Gasteiger partial charge in [-0.25, -0.2) is 4.39 Å². The van der Waals surface area contributed by atoms with Crippen LogP contribution in [-0.2, 0) is 19.4 Å². The van der Waals surface area contributed by atoms with E-state index in [1.165, 1.54) is 16.5 Å². The Morgan fingerprint density at radius 3 is 2.89 bits per heavy atom. The Bertz CT molecular complexity index is 749. The number of halogens is 2. The fourth-order valence-corrected chi connectivity index (χ4v) is 4.15. The van der Waals surface area contributed by atoms with E-state index in [-0.39, 0.29) is 29.8 Å². The van der Waals surface area contributed by atoms with Crippen molar-refractivity contribution in [3.05, 3.63) is 57.5 Å². The molecule has 1 unspecified atom stereocenters. The summed E-state index contributed by atoms with van der Waals surface area (Å²) in [5, 5.41) is 8.85. The molecule has 27 heavy (non-hydrogen) atoms. The Morgan fingerprint density at radius 2 is 2.11 bits per heavy atom. The van der Waals surface area contributed by atoms with Crippen molar-refractivity contribution in [3.63, 3.8) is 0 Å². The highest BCUT2D eigenvalue weighted by molar-refractivity contribution is 14.0. The number of fused-ring (bicyclic) bond motifs is 1. The van der Waals surface area contributed by atoms with Crippen molar-refractivity contribution in [1.29, 1.82) is 0 Å². The van der Waals surface area contributed by atoms with Gasteiger partial charge in [0.15, 0.2) is 5.96 Å². The SMILES string of the molecule is CN=C(NCCc1ccccc1F)NCC(C)N1CCc2sccc2C1.I. The van der Waals surface area contributed by atoms with Crippen LogP contribution in [0.2, 0.25) is 0 Å². The molecule has 1 aliphatic rings. The normalized spacial score (nSPS) is 15.6. The van der Waals surface area contributed by atoms with E-state index in [1.807, 2.05) is 23.5 Å². The molecule has 4 nitrogen and oxygen atoms in total. The van der Waals surface area contributed by atoms with Gasteiger partial charge in [-0.15, -0.1) is 35.3 Å². The van der Waals surface area contributed by atoms with Crippen molar-refractivity contribution in [2.24, 2.45) is 4.99 Å². The molecule has 2 heterocycles. The fourth-order valence-electron chi connectivity index (χ4n) is 3.26. The lowest BCUT2D eigenvalue weighted by atomic mass is 10.1. The highest BCUT2D eigenvalue weighted by Gasteiger charge is 2.21. The van der Waals surface area contributed by atoms with Gasteiger partial charge in [0.05, 0.1) is 0 Å². The monoisotopic (exact) mass is 502 g/mol. The molecule has 1 aromatic heterocycles. The molecule has 7 heteroatoms. The number of hydrogen-bond acceptors (Lipinski definition) is 3. The van der Waals surface area contributed by atoms with Gasteiger partial charge < -0.3 is 10.6 Å². The summed E-state index contributed by atoms with van der Waals surface area (Å²) in [7, 11) is 1.77. The molecular weight excluding hydrogens is 474 g/mol. The van der Waals surface area contributed by atoms with E-state index in [1.54, 1.807) is 13.1 Å². The zero-order valence-corrected chi connectivity index (χ0v) is 19.0. The molecule has 0 radical (unpaired) electrons. The average molecular weight is 502 g/mol. The van der Waals surface area contributed by atoms with Crippen LogP contribution in [0.5, 0.6) is 0 Å². The molecule has 1 atom stereocenters. The second-order valence-electron chi connectivity index (χ2n) is 6.66. The van der Waals surface area contributed by atoms with Crippen molar-refractivity contribution < 1.29 is 4.39 Å². The Morgan fingerprint density at radius 1 is 1.30 bits per heavy atom. The molecule has 1 aromatic carbocycles. The number of nitrogens with zero attached hydrogens (tertiary/aromatic N) is 2. The van der Waals surface area contributed by atoms with Crippen LogP contribution in [-0.4, -0.2) is 43.6 Å². The number of guanidine groups is 1. The lowest BCUT2D eigenvalue weighted by molar-refractivity contribution is 0.192. The number of nitrogens with one attached hydrogen (secondary N) is 2. The Balaban J connectivity index is 0.00000261. The van der Waals surface area contributed by atoms with Gasteiger partial charge in [-0.05, 0) is 48.4 Å². The van der Waals surface area contributed by atoms with Crippen molar-refractivity contribution in [2.45, 2.75) is 32.4 Å². The predicted octanol–water partition coefficient (Wildman–Crippen LogP) is 3.66. The second-order valence-corrected chi connectivity index (χ2v) is 7.66. The van der Waals surface area contributed by atoms with Gasteiger partial charge in [-0.3, -0.25) is 9.89 Å². The Hall–Kier alpha value is -1.19. The third kappa shape index (κ3) is 6.15. The Labute approximate surface area is 182 Å². The minimum Gasteiger partial charge on any atom is -0.356 e. The molecular formula is C20H28FIN4S. The van der Waals surface area contributed by atoms with Crippen LogP contribution in [0.1, 0.15) is 22.9 Å². The van der Waals surface area contributed by atoms with E-state index in [9.17, 15) is 4.39 Å². The fraction of sp³-hybridized carbons (Fsp3) is 0.450. The van der Waals surface area contributed by atoms with Crippen molar-refractivity contribution >= 4 is 41.3 Å². The Kier molecular flexibility index (Phi) is 8.98. The number of aliphatic imine (C=N–C) groups is 1. The summed E-state index contributed by atoms with van der Waals surface area (Å²) in [6, 6.07) is 9.58. The molecule has 0 saturated carbocycles. The van der Waals surface area contributed by atoms with Crippen LogP contribution in [0.3, 0.4) is 0 Å². The highest BCUT2D eigenvalue weighted by atomic mass is 127. The topological polar surface area (TPSA) is 39.7 Å². The minimum atomic E-state index is -0.149. The minimum absolute atomic E-state index is 0. The number of thiophene rings is 1. The number of benzene rings is 1. The summed E-state index contributed by atoms with van der Waals surface area (Å²) in [6.07, 6.45) is 1.78. The molecule has 3 rings (SSSR count). The molecule has 0 amide bonds. The van der Waals surface area contributed by atoms with Gasteiger partial charge in [-0.2, -0.15) is 0 Å². The number of rotatable bonds is 6. The first kappa shape index (κ1) is 22.1. The lowest BCUT2D eigenvalue weighted by Crippen LogP contribution is -2.47. The lowest BCUT2D eigenvalue weighted by Gasteiger charge is -2.32. The quantitative estimate of drug-likeness (QED) is 0.360. The molecule has 148 valence electrons. The summed E-state index contributed by atoms with van der Waals surface area (Å²) in [6.45, 7) is 5.86. The van der Waals surface area contributed by atoms with E-state index in [4.69, 9.17) is 0 Å². The smallest absolute Gasteiger partial charge is 0.191 e. The van der Waals surface area contributed by atoms with Gasteiger partial charge >= 0.3 is 0 Å². The third-order valence-corrected chi connectivity index (χ3v) is 5.92. The van der Waals surface area contributed by atoms with Gasteiger partial charge in [-0.1, -0.05) is 18.2 Å². The van der Waals surface area contributed by atoms with Gasteiger partial charge in [0.2, 0.25) is 0 Å². The molecule has 0 aliphatic carbocycles. The van der Waals surface area contributed by atoms with Crippen molar-refractivity contribution in [3.8, 4) is 0 Å². The van der Waals surface area contributed by atoms with Crippen LogP contribution in [0.4, 0.5) is 4.39 Å². The first-order valence-corrected chi connectivity index (χ1v) is 10.0. The largest absolute Gasteiger partial charge is 0.356 e. The summed E-state index contributed by atoms with van der Waals surface area (Å²) in [4.78, 5) is 8.31. The van der Waals surface area contributed by atoms with E-state index in [0.29, 0.717) is 19.0 Å². The summed E-state index contributed by atoms with van der Waals surface area (Å²) in [5.74, 6) is 0.616. The van der Waals surface area contributed by atoms with E-state index in [0.717, 1.165) is 37.6 Å². The molecule has 2 aromatic rings. The first-order valence-electron chi connectivity index (χ1n) is 9.14. The van der Waals surface area contributed by atoms with E-state index >= 15 is 0 Å². The van der Waals surface area contributed by atoms with Crippen LogP contribution in [0, 0.1) is 5.82 Å². The summed E-state index contributed by atoms with van der Waals surface area (Å²) >= 11 is 1.87. The van der Waals surface area contributed by atoms with Crippen LogP contribution >= 0.6 is 35.3 Å². The second kappa shape index (κ2) is 11.0. The van der Waals surface area contributed by atoms with Crippen LogP contribution < -0.4 is 10.6 Å². The van der Waals surface area contributed by atoms with E-state index in [2.05, 4.69) is 38.9 Å². The zero-order chi connectivity index (χ0) is 18.4. The predicted molar refractivity (Wildman–Crippen MR) is 123 cm³/mol. The number of hydrogen-bond donors (Lipinski definition) is 2. The van der Waals surface area contributed by atoms with Gasteiger partial charge in [0, 0.05) is 44.1 Å². The molecule has 0 bridgehead atoms. The molecule has 0 spiro atoms. The molecule has 1 aliphatic heterocycles. The van der Waals surface area contributed by atoms with Crippen LogP contribution in [0.15, 0.2) is 40.7 Å².